The molecule has 0 aliphatic carbocycles. The van der Waals surface area contributed by atoms with E-state index in [1.54, 1.807) is 19.1 Å². The zero-order valence-electron chi connectivity index (χ0n) is 21.6. The van der Waals surface area contributed by atoms with E-state index in [1.165, 1.54) is 0 Å². The van der Waals surface area contributed by atoms with Crippen LogP contribution in [0.3, 0.4) is 0 Å². The van der Waals surface area contributed by atoms with Crippen molar-refractivity contribution < 1.29 is 33.7 Å². The van der Waals surface area contributed by atoms with Gasteiger partial charge in [0, 0.05) is 29.9 Å². The number of cyclic esters (lactones) is 1. The number of hydrogen-bond acceptors (Lipinski definition) is 7. The van der Waals surface area contributed by atoms with Crippen LogP contribution in [0.25, 0.3) is 6.08 Å². The minimum Gasteiger partial charge on any atom is -0.507 e. The fourth-order valence-corrected chi connectivity index (χ4v) is 4.91. The van der Waals surface area contributed by atoms with Gasteiger partial charge in [0.25, 0.3) is 0 Å². The van der Waals surface area contributed by atoms with E-state index in [9.17, 15) is 19.5 Å². The van der Waals surface area contributed by atoms with Crippen LogP contribution >= 0.6 is 0 Å². The molecule has 196 valence electrons. The molecule has 2 aromatic rings. The molecule has 2 aliphatic heterocycles. The molecule has 1 N–H and O–H groups in total. The highest BCUT2D eigenvalue weighted by Crippen LogP contribution is 2.49. The molecular weight excluding hydrogens is 472 g/mol. The van der Waals surface area contributed by atoms with Crippen molar-refractivity contribution >= 4 is 23.8 Å². The average molecular weight is 507 g/mol. The summed E-state index contributed by atoms with van der Waals surface area (Å²) < 4.78 is 17.2. The molecule has 0 saturated heterocycles. The van der Waals surface area contributed by atoms with Crippen molar-refractivity contribution in [3.8, 4) is 17.2 Å². The Hall–Kier alpha value is -3.61. The van der Waals surface area contributed by atoms with Crippen LogP contribution in [-0.2, 0) is 14.3 Å². The number of carbonyl (C=O) groups is 3. The molecule has 2 heterocycles. The summed E-state index contributed by atoms with van der Waals surface area (Å²) in [5.41, 5.74) is 1.53. The molecule has 7 nitrogen and oxygen atoms in total. The molecule has 0 amide bonds. The maximum absolute atomic E-state index is 13.4. The number of hydrogen-bond donors (Lipinski definition) is 1. The molecule has 2 aromatic carbocycles. The number of esters is 2. The Balaban J connectivity index is 1.83. The highest BCUT2D eigenvalue weighted by molar-refractivity contribution is 5.98. The van der Waals surface area contributed by atoms with Crippen molar-refractivity contribution in [3.63, 3.8) is 0 Å². The maximum Gasteiger partial charge on any atom is 0.342 e. The summed E-state index contributed by atoms with van der Waals surface area (Å²) in [4.78, 5) is 38.1. The topological polar surface area (TPSA) is 99.1 Å². The van der Waals surface area contributed by atoms with Crippen LogP contribution in [0, 0.1) is 0 Å². The highest BCUT2D eigenvalue weighted by atomic mass is 16.5. The molecule has 0 saturated carbocycles. The van der Waals surface area contributed by atoms with E-state index in [2.05, 4.69) is 0 Å². The van der Waals surface area contributed by atoms with Crippen molar-refractivity contribution in [2.24, 2.45) is 0 Å². The molecule has 4 rings (SSSR count). The summed E-state index contributed by atoms with van der Waals surface area (Å²) in [5.74, 6) is -0.894. The lowest BCUT2D eigenvalue weighted by Gasteiger charge is -2.29. The van der Waals surface area contributed by atoms with Gasteiger partial charge in [0.15, 0.2) is 0 Å². The first-order valence-electron chi connectivity index (χ1n) is 13.0. The Bertz CT molecular complexity index is 1210. The average Bonchev–Trinajstić information content (AvgIpc) is 2.82. The van der Waals surface area contributed by atoms with Gasteiger partial charge in [-0.05, 0) is 64.2 Å². The fraction of sp³-hybridized carbons (Fsp3) is 0.433. The van der Waals surface area contributed by atoms with Crippen molar-refractivity contribution in [1.82, 2.24) is 0 Å². The third-order valence-corrected chi connectivity index (χ3v) is 6.64. The molecule has 2 aliphatic rings. The van der Waals surface area contributed by atoms with E-state index in [0.717, 1.165) is 5.56 Å². The van der Waals surface area contributed by atoms with Gasteiger partial charge in [0.1, 0.15) is 28.6 Å². The van der Waals surface area contributed by atoms with Crippen LogP contribution in [0.1, 0.15) is 98.7 Å². The molecular formula is C30H34O7. The standard InChI is InChI=1S/C30H34O7/c1-18(2)35-24-15-8-7-14-22(24)23-17-26(32)37-25-16-20-11-5-4-6-12-21(31)13-9-10-19(3)36-30(34)27(20)29(33)28(23)25/h5,7-8,11,14-16,18-19,23,33H,4,6,9-10,12-13,17H2,1-3H3/b11-5+/t19-,23?/m0/s1. The van der Waals surface area contributed by atoms with Gasteiger partial charge in [-0.3, -0.25) is 9.59 Å². The van der Waals surface area contributed by atoms with Crippen LogP contribution in [-0.4, -0.2) is 35.0 Å². The molecule has 0 spiro atoms. The zero-order valence-corrected chi connectivity index (χ0v) is 21.6. The zero-order chi connectivity index (χ0) is 26.5. The predicted molar refractivity (Wildman–Crippen MR) is 139 cm³/mol. The summed E-state index contributed by atoms with van der Waals surface area (Å²) in [6.45, 7) is 5.61. The minimum absolute atomic E-state index is 0.00681. The molecule has 1 unspecified atom stereocenters. The SMILES string of the molecule is CC(C)Oc1ccccc1C1CC(=O)Oc2cc3c(c(O)c21)C(=O)O[C@@H](C)CCCC(=O)CCC/C=C/3. The van der Waals surface area contributed by atoms with Crippen molar-refractivity contribution in [2.45, 2.75) is 83.8 Å². The summed E-state index contributed by atoms with van der Waals surface area (Å²) >= 11 is 0. The van der Waals surface area contributed by atoms with Gasteiger partial charge >= 0.3 is 11.9 Å². The number of ether oxygens (including phenoxy) is 3. The highest BCUT2D eigenvalue weighted by Gasteiger charge is 2.36. The first-order chi connectivity index (χ1) is 17.7. The number of Topliss-reactive ketones (excluding diaryl/α,β-unsaturated/α-hetero) is 1. The van der Waals surface area contributed by atoms with Gasteiger partial charge in [0.05, 0.1) is 18.6 Å². The first-order valence-corrected chi connectivity index (χ1v) is 13.0. The quantitative estimate of drug-likeness (QED) is 0.396. The number of rotatable bonds is 3. The van der Waals surface area contributed by atoms with Gasteiger partial charge in [-0.15, -0.1) is 0 Å². The number of ketones is 1. The largest absolute Gasteiger partial charge is 0.507 e. The maximum atomic E-state index is 13.4. The van der Waals surface area contributed by atoms with Crippen LogP contribution in [0.5, 0.6) is 17.2 Å². The summed E-state index contributed by atoms with van der Waals surface area (Å²) in [6, 6.07) is 9.00. The number of phenols is 1. The van der Waals surface area contributed by atoms with E-state index < -0.39 is 24.0 Å². The van der Waals surface area contributed by atoms with E-state index >= 15 is 0 Å². The van der Waals surface area contributed by atoms with E-state index in [-0.39, 0.29) is 35.4 Å². The van der Waals surface area contributed by atoms with Crippen LogP contribution in [0.15, 0.2) is 36.4 Å². The lowest BCUT2D eigenvalue weighted by Crippen LogP contribution is -2.24. The second-order valence-corrected chi connectivity index (χ2v) is 9.98. The van der Waals surface area contributed by atoms with Crippen LogP contribution < -0.4 is 9.47 Å². The van der Waals surface area contributed by atoms with Gasteiger partial charge < -0.3 is 19.3 Å². The van der Waals surface area contributed by atoms with E-state index in [1.807, 2.05) is 44.2 Å². The fourth-order valence-electron chi connectivity index (χ4n) is 4.91. The van der Waals surface area contributed by atoms with Crippen molar-refractivity contribution in [3.05, 3.63) is 58.7 Å². The Labute approximate surface area is 217 Å². The molecule has 0 radical (unpaired) electrons. The van der Waals surface area contributed by atoms with E-state index in [0.29, 0.717) is 55.4 Å². The molecule has 2 atom stereocenters. The molecule has 0 aromatic heterocycles. The Morgan fingerprint density at radius 3 is 2.62 bits per heavy atom. The van der Waals surface area contributed by atoms with E-state index in [4.69, 9.17) is 14.2 Å². The number of benzene rings is 2. The van der Waals surface area contributed by atoms with Crippen molar-refractivity contribution in [2.75, 3.05) is 0 Å². The monoisotopic (exact) mass is 506 g/mol. The lowest BCUT2D eigenvalue weighted by atomic mass is 9.83. The third-order valence-electron chi connectivity index (χ3n) is 6.64. The molecule has 0 fully saturated rings. The Morgan fingerprint density at radius 1 is 1.08 bits per heavy atom. The summed E-state index contributed by atoms with van der Waals surface area (Å²) in [6.07, 6.45) is 6.53. The number of aromatic hydroxyl groups is 1. The van der Waals surface area contributed by atoms with Crippen LogP contribution in [0.2, 0.25) is 0 Å². The number of allylic oxidation sites excluding steroid dienone is 1. The number of para-hydroxylation sites is 1. The lowest BCUT2D eigenvalue weighted by molar-refractivity contribution is -0.135. The van der Waals surface area contributed by atoms with Crippen molar-refractivity contribution in [1.29, 1.82) is 0 Å². The number of carbonyl (C=O) groups excluding carboxylic acids is 3. The summed E-state index contributed by atoms with van der Waals surface area (Å²) in [5, 5.41) is 11.6. The number of phenolic OH excluding ortho intramolecular Hbond substituents is 1. The van der Waals surface area contributed by atoms with Gasteiger partial charge in [-0.2, -0.15) is 0 Å². The predicted octanol–water partition coefficient (Wildman–Crippen LogP) is 6.10. The molecule has 7 heteroatoms. The second kappa shape index (κ2) is 11.6. The first kappa shape index (κ1) is 26.5. The normalized spacial score (nSPS) is 21.8. The number of fused-ring (bicyclic) bond motifs is 2. The Kier molecular flexibility index (Phi) is 8.31. The third kappa shape index (κ3) is 6.21. The summed E-state index contributed by atoms with van der Waals surface area (Å²) in [7, 11) is 0. The van der Waals surface area contributed by atoms with Gasteiger partial charge in [-0.25, -0.2) is 4.79 Å². The van der Waals surface area contributed by atoms with Gasteiger partial charge in [0.2, 0.25) is 0 Å². The molecule has 37 heavy (non-hydrogen) atoms. The van der Waals surface area contributed by atoms with Crippen LogP contribution in [0.4, 0.5) is 0 Å². The Morgan fingerprint density at radius 2 is 1.84 bits per heavy atom. The smallest absolute Gasteiger partial charge is 0.342 e. The molecule has 0 bridgehead atoms. The minimum atomic E-state index is -0.654. The van der Waals surface area contributed by atoms with Gasteiger partial charge in [-0.1, -0.05) is 30.4 Å². The second-order valence-electron chi connectivity index (χ2n) is 9.98.